The van der Waals surface area contributed by atoms with Crippen LogP contribution >= 0.6 is 0 Å². The van der Waals surface area contributed by atoms with E-state index >= 15 is 0 Å². The summed E-state index contributed by atoms with van der Waals surface area (Å²) >= 11 is 0. The first-order valence-electron chi connectivity index (χ1n) is 5.06. The molecule has 0 saturated carbocycles. The number of hydrogen-bond acceptors (Lipinski definition) is 4. The zero-order valence-corrected chi connectivity index (χ0v) is 9.11. The Hall–Kier alpha value is -2.08. The lowest BCUT2D eigenvalue weighted by Crippen LogP contribution is -2.39. The summed E-state index contributed by atoms with van der Waals surface area (Å²) in [6.45, 7) is 0. The van der Waals surface area contributed by atoms with Gasteiger partial charge >= 0.3 is 5.97 Å². The van der Waals surface area contributed by atoms with Gasteiger partial charge < -0.3 is 10.8 Å². The van der Waals surface area contributed by atoms with Crippen molar-refractivity contribution in [1.82, 2.24) is 0 Å². The topological polar surface area (TPSA) is 104 Å². The highest BCUT2D eigenvalue weighted by molar-refractivity contribution is 5.79. The lowest BCUT2D eigenvalue weighted by atomic mass is 10.1. The van der Waals surface area contributed by atoms with Gasteiger partial charge in [0.1, 0.15) is 0 Å². The Labute approximate surface area is 98.2 Å². The van der Waals surface area contributed by atoms with E-state index in [9.17, 15) is 14.8 Å². The molecule has 0 spiro atoms. The normalized spacial score (nSPS) is 11.8. The fourth-order valence-corrected chi connectivity index (χ4v) is 1.39. The molecule has 0 bridgehead atoms. The molecule has 0 aliphatic heterocycles. The van der Waals surface area contributed by atoms with Crippen LogP contribution in [0.15, 0.2) is 30.3 Å². The zero-order valence-electron chi connectivity index (χ0n) is 9.11. The van der Waals surface area contributed by atoms with E-state index in [1.807, 2.05) is 0 Å². The van der Waals surface area contributed by atoms with Crippen LogP contribution in [-0.2, 0) is 9.59 Å². The number of hydroxylamine groups is 1. The number of aliphatic carboxylic acids is 1. The van der Waals surface area contributed by atoms with Crippen molar-refractivity contribution in [3.8, 4) is 0 Å². The number of carbonyl (C=O) groups excluding carboxylic acids is 1. The lowest BCUT2D eigenvalue weighted by Gasteiger charge is -2.23. The molecular formula is C11H14N2O4. The van der Waals surface area contributed by atoms with Crippen molar-refractivity contribution in [3.63, 3.8) is 0 Å². The van der Waals surface area contributed by atoms with E-state index in [1.165, 1.54) is 0 Å². The molecule has 0 fully saturated rings. The lowest BCUT2D eigenvalue weighted by molar-refractivity contribution is -0.140. The van der Waals surface area contributed by atoms with E-state index in [0.29, 0.717) is 10.8 Å². The van der Waals surface area contributed by atoms with E-state index in [0.717, 1.165) is 0 Å². The smallest absolute Gasteiger partial charge is 0.328 e. The predicted octanol–water partition coefficient (Wildman–Crippen LogP) is 0.601. The van der Waals surface area contributed by atoms with Crippen molar-refractivity contribution < 1.29 is 19.9 Å². The number of carboxylic acids is 1. The maximum atomic E-state index is 11.0. The number of anilines is 1. The van der Waals surface area contributed by atoms with E-state index in [1.54, 1.807) is 30.3 Å². The molecule has 4 N–H and O–H groups in total. The Bertz CT molecular complexity index is 394. The molecule has 6 nitrogen and oxygen atoms in total. The second-order valence-electron chi connectivity index (χ2n) is 3.54. The van der Waals surface area contributed by atoms with Crippen LogP contribution in [0.5, 0.6) is 0 Å². The number of nitrogens with zero attached hydrogens (tertiary/aromatic N) is 1. The summed E-state index contributed by atoms with van der Waals surface area (Å²) in [5, 5.41) is 19.4. The second-order valence-corrected chi connectivity index (χ2v) is 3.54. The molecule has 6 heteroatoms. The second kappa shape index (κ2) is 5.86. The van der Waals surface area contributed by atoms with Crippen LogP contribution in [0.1, 0.15) is 12.8 Å². The Morgan fingerprint density at radius 2 is 1.88 bits per heavy atom. The summed E-state index contributed by atoms with van der Waals surface area (Å²) in [6.07, 6.45) is -0.142. The van der Waals surface area contributed by atoms with Gasteiger partial charge in [-0.2, -0.15) is 0 Å². The first-order valence-corrected chi connectivity index (χ1v) is 5.06. The van der Waals surface area contributed by atoms with Crippen LogP contribution in [-0.4, -0.2) is 28.2 Å². The number of rotatable bonds is 6. The molecule has 92 valence electrons. The Morgan fingerprint density at radius 3 is 2.35 bits per heavy atom. The molecule has 1 aromatic carbocycles. The van der Waals surface area contributed by atoms with Gasteiger partial charge in [0.2, 0.25) is 5.91 Å². The van der Waals surface area contributed by atoms with E-state index < -0.39 is 17.9 Å². The molecular weight excluding hydrogens is 224 g/mol. The van der Waals surface area contributed by atoms with Crippen LogP contribution in [0.2, 0.25) is 0 Å². The third-order valence-electron chi connectivity index (χ3n) is 2.27. The third-order valence-corrected chi connectivity index (χ3v) is 2.27. The van der Waals surface area contributed by atoms with Crippen molar-refractivity contribution in [2.75, 3.05) is 5.06 Å². The SMILES string of the molecule is NC(=O)CCC(C(=O)O)N(O)c1ccccc1. The summed E-state index contributed by atoms with van der Waals surface area (Å²) in [5.74, 6) is -1.81. The van der Waals surface area contributed by atoms with Crippen LogP contribution in [0, 0.1) is 0 Å². The van der Waals surface area contributed by atoms with Gasteiger partial charge in [-0.05, 0) is 18.6 Å². The number of carbonyl (C=O) groups is 2. The monoisotopic (exact) mass is 238 g/mol. The van der Waals surface area contributed by atoms with Gasteiger partial charge in [-0.15, -0.1) is 0 Å². The number of carboxylic acid groups (broad SMARTS) is 1. The van der Waals surface area contributed by atoms with Gasteiger partial charge in [0, 0.05) is 6.42 Å². The molecule has 0 saturated heterocycles. The van der Waals surface area contributed by atoms with E-state index in [4.69, 9.17) is 10.8 Å². The van der Waals surface area contributed by atoms with Gasteiger partial charge in [-0.3, -0.25) is 10.0 Å². The number of primary amides is 1. The van der Waals surface area contributed by atoms with Crippen LogP contribution in [0.25, 0.3) is 0 Å². The van der Waals surface area contributed by atoms with Crippen molar-refractivity contribution in [3.05, 3.63) is 30.3 Å². The number of benzene rings is 1. The van der Waals surface area contributed by atoms with Gasteiger partial charge in [0.05, 0.1) is 5.69 Å². The Balaban J connectivity index is 2.77. The number of para-hydroxylation sites is 1. The predicted molar refractivity (Wildman–Crippen MR) is 60.6 cm³/mol. The average molecular weight is 238 g/mol. The molecule has 17 heavy (non-hydrogen) atoms. The third kappa shape index (κ3) is 3.76. The molecule has 1 atom stereocenters. The van der Waals surface area contributed by atoms with Crippen molar-refractivity contribution in [2.24, 2.45) is 5.73 Å². The molecule has 0 aliphatic carbocycles. The van der Waals surface area contributed by atoms with Gasteiger partial charge in [0.25, 0.3) is 0 Å². The summed E-state index contributed by atoms with van der Waals surface area (Å²) < 4.78 is 0. The summed E-state index contributed by atoms with van der Waals surface area (Å²) in [4.78, 5) is 21.6. The fourth-order valence-electron chi connectivity index (χ4n) is 1.39. The number of hydrogen-bond donors (Lipinski definition) is 3. The highest BCUT2D eigenvalue weighted by Crippen LogP contribution is 2.16. The molecule has 0 aliphatic rings. The molecule has 0 radical (unpaired) electrons. The standard InChI is InChI=1S/C11H14N2O4/c12-10(14)7-6-9(11(15)16)13(17)8-4-2-1-3-5-8/h1-5,9,17H,6-7H2,(H2,12,14)(H,15,16). The average Bonchev–Trinajstić information content (AvgIpc) is 2.29. The molecule has 1 unspecified atom stereocenters. The number of nitrogens with two attached hydrogens (primary N) is 1. The van der Waals surface area contributed by atoms with E-state index in [2.05, 4.69) is 0 Å². The molecule has 1 amide bonds. The molecule has 1 aromatic rings. The van der Waals surface area contributed by atoms with Crippen molar-refractivity contribution >= 4 is 17.6 Å². The molecule has 1 rings (SSSR count). The quantitative estimate of drug-likeness (QED) is 0.629. The highest BCUT2D eigenvalue weighted by atomic mass is 16.5. The van der Waals surface area contributed by atoms with Gasteiger partial charge in [0.15, 0.2) is 6.04 Å². The first kappa shape index (κ1) is 13.0. The number of amides is 1. The van der Waals surface area contributed by atoms with E-state index in [-0.39, 0.29) is 12.8 Å². The fraction of sp³-hybridized carbons (Fsp3) is 0.273. The first-order chi connectivity index (χ1) is 8.02. The maximum absolute atomic E-state index is 11.0. The minimum absolute atomic E-state index is 0.0456. The van der Waals surface area contributed by atoms with Crippen LogP contribution in [0.4, 0.5) is 5.69 Å². The summed E-state index contributed by atoms with van der Waals surface area (Å²) in [7, 11) is 0. The minimum atomic E-state index is -1.21. The molecule has 0 heterocycles. The maximum Gasteiger partial charge on any atom is 0.328 e. The highest BCUT2D eigenvalue weighted by Gasteiger charge is 2.25. The van der Waals surface area contributed by atoms with Crippen molar-refractivity contribution in [1.29, 1.82) is 0 Å². The van der Waals surface area contributed by atoms with Gasteiger partial charge in [-0.25, -0.2) is 9.86 Å². The summed E-state index contributed by atoms with van der Waals surface area (Å²) in [5.41, 5.74) is 5.30. The van der Waals surface area contributed by atoms with Gasteiger partial charge in [-0.1, -0.05) is 18.2 Å². The van der Waals surface area contributed by atoms with Crippen molar-refractivity contribution in [2.45, 2.75) is 18.9 Å². The minimum Gasteiger partial charge on any atom is -0.480 e. The Kier molecular flexibility index (Phi) is 4.47. The molecule has 0 aromatic heterocycles. The zero-order chi connectivity index (χ0) is 12.8. The Morgan fingerprint density at radius 1 is 1.29 bits per heavy atom. The summed E-state index contributed by atoms with van der Waals surface area (Å²) in [6, 6.07) is 7.04. The van der Waals surface area contributed by atoms with Crippen LogP contribution in [0.3, 0.4) is 0 Å². The van der Waals surface area contributed by atoms with Crippen LogP contribution < -0.4 is 10.8 Å². The largest absolute Gasteiger partial charge is 0.480 e.